The van der Waals surface area contributed by atoms with Crippen LogP contribution in [0.4, 0.5) is 0 Å². The van der Waals surface area contributed by atoms with E-state index in [0.29, 0.717) is 0 Å². The molecule has 0 fully saturated rings. The van der Waals surface area contributed by atoms with E-state index in [-0.39, 0.29) is 0 Å². The third kappa shape index (κ3) is 9.90. The molecule has 0 aromatic rings. The average molecular weight is 172 g/mol. The minimum atomic E-state index is 0.767. The van der Waals surface area contributed by atoms with E-state index >= 15 is 0 Å². The molecule has 0 rings (SSSR count). The van der Waals surface area contributed by atoms with Gasteiger partial charge in [-0.15, -0.1) is 0 Å². The van der Waals surface area contributed by atoms with Crippen molar-refractivity contribution in [1.29, 1.82) is 0 Å². The Bertz CT molecular complexity index is 75.1. The zero-order chi connectivity index (χ0) is 9.07. The molecule has 71 valence electrons. The van der Waals surface area contributed by atoms with Gasteiger partial charge < -0.3 is 20.9 Å². The van der Waals surface area contributed by atoms with Crippen molar-refractivity contribution >= 4 is 7.62 Å². The second-order valence-electron chi connectivity index (χ2n) is 2.55. The van der Waals surface area contributed by atoms with Crippen LogP contribution in [0.5, 0.6) is 0 Å². The van der Waals surface area contributed by atoms with Gasteiger partial charge in [0.25, 0.3) is 0 Å². The second kappa shape index (κ2) is 10.9. The molecule has 4 N–H and O–H groups in total. The molecular weight excluding hydrogens is 153 g/mol. The van der Waals surface area contributed by atoms with E-state index in [1.54, 1.807) is 14.7 Å². The maximum Gasteiger partial charge on any atom is 0.395 e. The lowest BCUT2D eigenvalue weighted by Gasteiger charge is -2.03. The number of nitrogens with two attached hydrogens (primary N) is 1. The zero-order valence-electron chi connectivity index (χ0n) is 7.81. The van der Waals surface area contributed by atoms with Crippen molar-refractivity contribution in [1.82, 2.24) is 10.5 Å². The molecule has 4 nitrogen and oxygen atoms in total. The Kier molecular flexibility index (Phi) is 10.8. The van der Waals surface area contributed by atoms with Gasteiger partial charge in [0.1, 0.15) is 0 Å². The third-order valence-electron chi connectivity index (χ3n) is 1.43. The number of nitrogens with one attached hydrogen (secondary N) is 2. The van der Waals surface area contributed by atoms with Crippen molar-refractivity contribution in [3.05, 3.63) is 0 Å². The molecule has 0 atom stereocenters. The van der Waals surface area contributed by atoms with Crippen molar-refractivity contribution in [2.45, 2.75) is 12.8 Å². The first-order valence-corrected chi connectivity index (χ1v) is 4.40. The molecule has 0 saturated carbocycles. The summed E-state index contributed by atoms with van der Waals surface area (Å²) in [6.07, 6.45) is 2.15. The Balaban J connectivity index is 2.73. The maximum absolute atomic E-state index is 5.34. The molecule has 0 aliphatic carbocycles. The molecule has 0 amide bonds. The highest BCUT2D eigenvalue weighted by atomic mass is 16.4. The standard InChI is InChI=1S/C7H19BN3O/c1-12-8-11-7-3-6-10-5-2-4-9/h10-11H,2-7,9H2,1H3. The number of hydrogen-bond donors (Lipinski definition) is 3. The van der Waals surface area contributed by atoms with Crippen LogP contribution in [0, 0.1) is 0 Å². The summed E-state index contributed by atoms with van der Waals surface area (Å²) in [6.45, 7) is 3.77. The molecule has 0 aromatic heterocycles. The quantitative estimate of drug-likeness (QED) is 0.311. The van der Waals surface area contributed by atoms with Gasteiger partial charge in [-0.1, -0.05) is 0 Å². The van der Waals surface area contributed by atoms with Gasteiger partial charge in [0.2, 0.25) is 0 Å². The fourth-order valence-corrected chi connectivity index (χ4v) is 0.810. The van der Waals surface area contributed by atoms with E-state index in [1.165, 1.54) is 0 Å². The molecule has 5 heteroatoms. The highest BCUT2D eigenvalue weighted by molar-refractivity contribution is 6.23. The van der Waals surface area contributed by atoms with E-state index in [9.17, 15) is 0 Å². The Morgan fingerprint density at radius 3 is 2.67 bits per heavy atom. The van der Waals surface area contributed by atoms with Crippen LogP contribution in [0.1, 0.15) is 12.8 Å². The van der Waals surface area contributed by atoms with E-state index in [4.69, 9.17) is 10.4 Å². The highest BCUT2D eigenvalue weighted by Crippen LogP contribution is 1.74. The third-order valence-corrected chi connectivity index (χ3v) is 1.43. The van der Waals surface area contributed by atoms with Crippen LogP contribution in [0.25, 0.3) is 0 Å². The lowest BCUT2D eigenvalue weighted by atomic mass is 10.2. The summed E-state index contributed by atoms with van der Waals surface area (Å²) >= 11 is 0. The van der Waals surface area contributed by atoms with Crippen molar-refractivity contribution in [3.63, 3.8) is 0 Å². The van der Waals surface area contributed by atoms with Gasteiger partial charge >= 0.3 is 7.62 Å². The minimum Gasteiger partial charge on any atom is -0.427 e. The van der Waals surface area contributed by atoms with Gasteiger partial charge in [-0.2, -0.15) is 0 Å². The summed E-state index contributed by atoms with van der Waals surface area (Å²) in [5.74, 6) is 0. The molecule has 0 saturated heterocycles. The normalized spacial score (nSPS) is 10.2. The van der Waals surface area contributed by atoms with Crippen molar-refractivity contribution in [2.75, 3.05) is 33.3 Å². The summed E-state index contributed by atoms with van der Waals surface area (Å²) in [5, 5.41) is 6.30. The van der Waals surface area contributed by atoms with Crippen LogP contribution in [0.15, 0.2) is 0 Å². The monoisotopic (exact) mass is 172 g/mol. The van der Waals surface area contributed by atoms with E-state index in [0.717, 1.165) is 39.0 Å². The molecule has 0 aliphatic rings. The van der Waals surface area contributed by atoms with Gasteiger partial charge in [-0.25, -0.2) is 0 Å². The molecule has 0 aliphatic heterocycles. The maximum atomic E-state index is 5.34. The lowest BCUT2D eigenvalue weighted by Crippen LogP contribution is -2.26. The predicted molar refractivity (Wildman–Crippen MR) is 51.9 cm³/mol. The molecule has 0 unspecified atom stereocenters. The van der Waals surface area contributed by atoms with Crippen LogP contribution >= 0.6 is 0 Å². The first kappa shape index (κ1) is 11.9. The van der Waals surface area contributed by atoms with Gasteiger partial charge in [0, 0.05) is 7.11 Å². The van der Waals surface area contributed by atoms with Crippen LogP contribution in [-0.2, 0) is 4.65 Å². The Morgan fingerprint density at radius 1 is 1.25 bits per heavy atom. The SMILES string of the molecule is CO[B]NCCCNCCCN. The Hall–Kier alpha value is -0.0951. The van der Waals surface area contributed by atoms with Gasteiger partial charge in [0.15, 0.2) is 0 Å². The lowest BCUT2D eigenvalue weighted by molar-refractivity contribution is 0.429. The Morgan fingerprint density at radius 2 is 2.00 bits per heavy atom. The summed E-state index contributed by atoms with van der Waals surface area (Å²) in [7, 11) is 3.23. The van der Waals surface area contributed by atoms with E-state index < -0.39 is 0 Å². The van der Waals surface area contributed by atoms with Gasteiger partial charge in [-0.05, 0) is 39.0 Å². The second-order valence-corrected chi connectivity index (χ2v) is 2.55. The van der Waals surface area contributed by atoms with E-state index in [1.807, 2.05) is 0 Å². The first-order valence-electron chi connectivity index (χ1n) is 4.40. The van der Waals surface area contributed by atoms with Gasteiger partial charge in [0.05, 0.1) is 0 Å². The molecule has 1 radical (unpaired) electrons. The molecule has 0 bridgehead atoms. The smallest absolute Gasteiger partial charge is 0.395 e. The molecule has 12 heavy (non-hydrogen) atoms. The molecular formula is C7H19BN3O. The summed E-state index contributed by atoms with van der Waals surface area (Å²) in [5.41, 5.74) is 5.34. The largest absolute Gasteiger partial charge is 0.427 e. The van der Waals surface area contributed by atoms with E-state index in [2.05, 4.69) is 10.5 Å². The van der Waals surface area contributed by atoms with Crippen LogP contribution in [0.2, 0.25) is 0 Å². The Labute approximate surface area is 75.5 Å². The minimum absolute atomic E-state index is 0.767. The molecule has 0 aromatic carbocycles. The topological polar surface area (TPSA) is 59.3 Å². The molecule has 0 heterocycles. The van der Waals surface area contributed by atoms with Crippen molar-refractivity contribution < 1.29 is 4.65 Å². The number of hydrogen-bond acceptors (Lipinski definition) is 4. The number of rotatable bonds is 9. The highest BCUT2D eigenvalue weighted by Gasteiger charge is 1.89. The summed E-state index contributed by atoms with van der Waals surface area (Å²) in [4.78, 5) is 0. The summed E-state index contributed by atoms with van der Waals surface area (Å²) < 4.78 is 4.71. The van der Waals surface area contributed by atoms with Crippen LogP contribution in [0.3, 0.4) is 0 Å². The van der Waals surface area contributed by atoms with Gasteiger partial charge in [-0.3, -0.25) is 0 Å². The average Bonchev–Trinajstić information content (AvgIpc) is 2.10. The van der Waals surface area contributed by atoms with Crippen molar-refractivity contribution in [2.24, 2.45) is 5.73 Å². The fraction of sp³-hybridized carbons (Fsp3) is 1.00. The summed E-state index contributed by atoms with van der Waals surface area (Å²) in [6, 6.07) is 0. The zero-order valence-corrected chi connectivity index (χ0v) is 7.81. The van der Waals surface area contributed by atoms with Crippen LogP contribution in [-0.4, -0.2) is 40.9 Å². The molecule has 0 spiro atoms. The first-order chi connectivity index (χ1) is 5.91. The van der Waals surface area contributed by atoms with Crippen LogP contribution < -0.4 is 16.3 Å². The van der Waals surface area contributed by atoms with Crippen molar-refractivity contribution in [3.8, 4) is 0 Å². The predicted octanol–water partition coefficient (Wildman–Crippen LogP) is -0.915. The fourth-order valence-electron chi connectivity index (χ4n) is 0.810.